The van der Waals surface area contributed by atoms with Crippen LogP contribution in [0.25, 0.3) is 5.69 Å². The standard InChI is InChI=1S/C33H39N5O3/c1-22-10-12-26(13-11-22)38-30(21-29(36-38)33(3,4)5)35-32(40)34-28-9-7-6-8-25(28)20-24-14-17-37(18-15-24)31(39)27-16-19-41-23(27)2/h6-13,16,19,21,24H,14-15,17-18,20H2,1-5H3,(H2,34,35,40). The van der Waals surface area contributed by atoms with E-state index in [2.05, 4.69) is 37.5 Å². The fourth-order valence-electron chi connectivity index (χ4n) is 5.24. The first-order valence-electron chi connectivity index (χ1n) is 14.3. The van der Waals surface area contributed by atoms with E-state index in [4.69, 9.17) is 9.52 Å². The molecule has 1 fully saturated rings. The number of nitrogens with zero attached hydrogens (tertiary/aromatic N) is 3. The van der Waals surface area contributed by atoms with Gasteiger partial charge in [-0.15, -0.1) is 0 Å². The predicted octanol–water partition coefficient (Wildman–Crippen LogP) is 7.12. The van der Waals surface area contributed by atoms with E-state index in [9.17, 15) is 9.59 Å². The monoisotopic (exact) mass is 553 g/mol. The molecular weight excluding hydrogens is 514 g/mol. The van der Waals surface area contributed by atoms with Crippen molar-refractivity contribution in [2.45, 2.75) is 59.3 Å². The van der Waals surface area contributed by atoms with Gasteiger partial charge in [0.15, 0.2) is 0 Å². The Bertz CT molecular complexity index is 1520. The number of aryl methyl sites for hydroxylation is 2. The summed E-state index contributed by atoms with van der Waals surface area (Å²) in [5, 5.41) is 10.9. The lowest BCUT2D eigenvalue weighted by molar-refractivity contribution is 0.0689. The number of urea groups is 1. The van der Waals surface area contributed by atoms with Gasteiger partial charge in [-0.2, -0.15) is 5.10 Å². The highest BCUT2D eigenvalue weighted by Gasteiger charge is 2.26. The van der Waals surface area contributed by atoms with E-state index in [0.717, 1.165) is 47.5 Å². The van der Waals surface area contributed by atoms with Crippen LogP contribution in [0.15, 0.2) is 71.3 Å². The van der Waals surface area contributed by atoms with E-state index in [-0.39, 0.29) is 17.4 Å². The average molecular weight is 554 g/mol. The molecule has 0 saturated carbocycles. The van der Waals surface area contributed by atoms with Crippen LogP contribution in [0.5, 0.6) is 0 Å². The maximum absolute atomic E-state index is 13.3. The normalized spacial score (nSPS) is 14.2. The number of hydrogen-bond acceptors (Lipinski definition) is 4. The first-order valence-corrected chi connectivity index (χ1v) is 14.3. The Kier molecular flexibility index (Phi) is 8.01. The largest absolute Gasteiger partial charge is 0.469 e. The summed E-state index contributed by atoms with van der Waals surface area (Å²) in [5.74, 6) is 1.73. The van der Waals surface area contributed by atoms with Gasteiger partial charge in [-0.3, -0.25) is 10.1 Å². The highest BCUT2D eigenvalue weighted by Crippen LogP contribution is 2.29. The second-order valence-corrected chi connectivity index (χ2v) is 12.0. The third-order valence-electron chi connectivity index (χ3n) is 7.76. The minimum atomic E-state index is -0.318. The lowest BCUT2D eigenvalue weighted by atomic mass is 9.89. The number of likely N-dealkylation sites (tertiary alicyclic amines) is 1. The number of rotatable bonds is 6. The molecule has 0 unspecified atom stereocenters. The van der Waals surface area contributed by atoms with Crippen molar-refractivity contribution < 1.29 is 14.0 Å². The van der Waals surface area contributed by atoms with Crippen molar-refractivity contribution in [1.82, 2.24) is 14.7 Å². The van der Waals surface area contributed by atoms with Crippen LogP contribution in [0, 0.1) is 19.8 Å². The average Bonchev–Trinajstić information content (AvgIpc) is 3.56. The van der Waals surface area contributed by atoms with E-state index < -0.39 is 0 Å². The second kappa shape index (κ2) is 11.6. The lowest BCUT2D eigenvalue weighted by Gasteiger charge is -2.32. The molecule has 0 radical (unpaired) electrons. The molecule has 1 saturated heterocycles. The number of para-hydroxylation sites is 1. The Labute approximate surface area is 241 Å². The maximum atomic E-state index is 13.3. The number of benzene rings is 2. The number of amides is 3. The van der Waals surface area contributed by atoms with Crippen LogP contribution in [-0.4, -0.2) is 39.7 Å². The first-order chi connectivity index (χ1) is 19.6. The Morgan fingerprint density at radius 2 is 1.68 bits per heavy atom. The van der Waals surface area contributed by atoms with Gasteiger partial charge in [0, 0.05) is 30.3 Å². The summed E-state index contributed by atoms with van der Waals surface area (Å²) in [6, 6.07) is 19.4. The van der Waals surface area contributed by atoms with E-state index in [1.807, 2.05) is 67.3 Å². The zero-order chi connectivity index (χ0) is 29.1. The third kappa shape index (κ3) is 6.53. The molecule has 3 heterocycles. The summed E-state index contributed by atoms with van der Waals surface area (Å²) in [5.41, 5.74) is 5.27. The third-order valence-corrected chi connectivity index (χ3v) is 7.76. The topological polar surface area (TPSA) is 92.4 Å². The zero-order valence-electron chi connectivity index (χ0n) is 24.5. The number of furan rings is 1. The number of aromatic nitrogens is 2. The minimum Gasteiger partial charge on any atom is -0.469 e. The van der Waals surface area contributed by atoms with E-state index >= 15 is 0 Å². The van der Waals surface area contributed by atoms with Crippen LogP contribution in [0.1, 0.15) is 66.6 Å². The second-order valence-electron chi connectivity index (χ2n) is 12.0. The quantitative estimate of drug-likeness (QED) is 0.266. The molecular formula is C33H39N5O3. The predicted molar refractivity (Wildman–Crippen MR) is 162 cm³/mol. The van der Waals surface area contributed by atoms with Gasteiger partial charge in [-0.1, -0.05) is 56.7 Å². The van der Waals surface area contributed by atoms with Gasteiger partial charge in [-0.05, 0) is 68.9 Å². The molecule has 1 aliphatic heterocycles. The van der Waals surface area contributed by atoms with Crippen LogP contribution in [0.2, 0.25) is 0 Å². The molecule has 0 spiro atoms. The molecule has 8 nitrogen and oxygen atoms in total. The highest BCUT2D eigenvalue weighted by atomic mass is 16.3. The van der Waals surface area contributed by atoms with Gasteiger partial charge in [0.1, 0.15) is 11.6 Å². The van der Waals surface area contributed by atoms with Crippen molar-refractivity contribution in [2.75, 3.05) is 23.7 Å². The van der Waals surface area contributed by atoms with Gasteiger partial charge in [0.2, 0.25) is 0 Å². The van der Waals surface area contributed by atoms with Crippen LogP contribution in [0.4, 0.5) is 16.3 Å². The van der Waals surface area contributed by atoms with Crippen molar-refractivity contribution in [2.24, 2.45) is 5.92 Å². The molecule has 4 aromatic rings. The number of carbonyl (C=O) groups excluding carboxylic acids is 2. The first kappa shape index (κ1) is 28.2. The van der Waals surface area contributed by atoms with Crippen LogP contribution in [-0.2, 0) is 11.8 Å². The summed E-state index contributed by atoms with van der Waals surface area (Å²) in [6.07, 6.45) is 4.22. The fourth-order valence-corrected chi connectivity index (χ4v) is 5.24. The maximum Gasteiger partial charge on any atom is 0.324 e. The fraction of sp³-hybridized carbons (Fsp3) is 0.364. The summed E-state index contributed by atoms with van der Waals surface area (Å²) in [6.45, 7) is 11.6. The molecule has 0 atom stereocenters. The SMILES string of the molecule is Cc1ccc(-n2nc(C(C)(C)C)cc2NC(=O)Nc2ccccc2CC2CCN(C(=O)c3ccoc3C)CC2)cc1. The molecule has 214 valence electrons. The number of piperidine rings is 1. The van der Waals surface area contributed by atoms with Crippen molar-refractivity contribution in [3.8, 4) is 5.69 Å². The van der Waals surface area contributed by atoms with Crippen molar-refractivity contribution in [1.29, 1.82) is 0 Å². The number of carbonyl (C=O) groups is 2. The van der Waals surface area contributed by atoms with Crippen molar-refractivity contribution in [3.05, 3.63) is 95.1 Å². The Morgan fingerprint density at radius 1 is 0.976 bits per heavy atom. The van der Waals surface area contributed by atoms with Gasteiger partial charge in [0.05, 0.1) is 23.2 Å². The van der Waals surface area contributed by atoms with Gasteiger partial charge in [-0.25, -0.2) is 9.48 Å². The van der Waals surface area contributed by atoms with E-state index in [0.29, 0.717) is 36.1 Å². The molecule has 2 aromatic heterocycles. The van der Waals surface area contributed by atoms with Crippen LogP contribution >= 0.6 is 0 Å². The van der Waals surface area contributed by atoms with Crippen molar-refractivity contribution >= 4 is 23.4 Å². The molecule has 5 rings (SSSR count). The molecule has 0 aliphatic carbocycles. The summed E-state index contributed by atoms with van der Waals surface area (Å²) < 4.78 is 7.10. The summed E-state index contributed by atoms with van der Waals surface area (Å²) >= 11 is 0. The highest BCUT2D eigenvalue weighted by molar-refractivity contribution is 6.00. The van der Waals surface area contributed by atoms with Crippen molar-refractivity contribution in [3.63, 3.8) is 0 Å². The summed E-state index contributed by atoms with van der Waals surface area (Å²) in [4.78, 5) is 28.0. The number of nitrogens with one attached hydrogen (secondary N) is 2. The van der Waals surface area contributed by atoms with E-state index in [1.54, 1.807) is 17.0 Å². The van der Waals surface area contributed by atoms with Gasteiger partial charge in [0.25, 0.3) is 5.91 Å². The molecule has 3 amide bonds. The van der Waals surface area contributed by atoms with Gasteiger partial charge >= 0.3 is 6.03 Å². The molecule has 2 aromatic carbocycles. The minimum absolute atomic E-state index is 0.0351. The zero-order valence-corrected chi connectivity index (χ0v) is 24.5. The molecule has 0 bridgehead atoms. The number of anilines is 2. The van der Waals surface area contributed by atoms with Gasteiger partial charge < -0.3 is 14.6 Å². The Hall–Kier alpha value is -4.33. The molecule has 2 N–H and O–H groups in total. The molecule has 8 heteroatoms. The van der Waals surface area contributed by atoms with Crippen LogP contribution < -0.4 is 10.6 Å². The molecule has 41 heavy (non-hydrogen) atoms. The Morgan fingerprint density at radius 3 is 2.34 bits per heavy atom. The Balaban J connectivity index is 1.25. The number of hydrogen-bond donors (Lipinski definition) is 2. The smallest absolute Gasteiger partial charge is 0.324 e. The summed E-state index contributed by atoms with van der Waals surface area (Å²) in [7, 11) is 0. The molecule has 1 aliphatic rings. The van der Waals surface area contributed by atoms with E-state index in [1.165, 1.54) is 0 Å². The lowest BCUT2D eigenvalue weighted by Crippen LogP contribution is -2.39. The van der Waals surface area contributed by atoms with Crippen LogP contribution in [0.3, 0.4) is 0 Å².